The van der Waals surface area contributed by atoms with Crippen molar-refractivity contribution in [1.82, 2.24) is 0 Å². The predicted molar refractivity (Wildman–Crippen MR) is 72.9 cm³/mol. The van der Waals surface area contributed by atoms with E-state index in [-0.39, 0.29) is 0 Å². The van der Waals surface area contributed by atoms with E-state index in [4.69, 9.17) is 33.4 Å². The molecule has 7 heteroatoms. The molecule has 0 aromatic carbocycles. The van der Waals surface area contributed by atoms with Gasteiger partial charge in [-0.15, -0.1) is 0 Å². The standard InChI is InChI=1S/C5H11Cl2O3P.C5H12O/c1-2-3-4-5-8-11(9-6)10-7;1-2-3-4-5-6/h2-5H2,1H3;6H,2-5H2,1H3. The van der Waals surface area contributed by atoms with Gasteiger partial charge >= 0.3 is 8.60 Å². The van der Waals surface area contributed by atoms with E-state index < -0.39 is 8.60 Å². The molecule has 0 aliphatic carbocycles. The lowest BCUT2D eigenvalue weighted by Gasteiger charge is -2.06. The minimum Gasteiger partial charge on any atom is -0.396 e. The number of unbranched alkanes of at least 4 members (excludes halogenated alkanes) is 4. The molecule has 106 valence electrons. The van der Waals surface area contributed by atoms with Crippen molar-refractivity contribution in [3.63, 3.8) is 0 Å². The van der Waals surface area contributed by atoms with Crippen LogP contribution < -0.4 is 0 Å². The van der Waals surface area contributed by atoms with Crippen molar-refractivity contribution in [2.24, 2.45) is 0 Å². The second-order valence-electron chi connectivity index (χ2n) is 3.33. The number of rotatable bonds is 10. The molecule has 0 spiro atoms. The lowest BCUT2D eigenvalue weighted by atomic mass is 10.3. The smallest absolute Gasteiger partial charge is 0.368 e. The van der Waals surface area contributed by atoms with E-state index in [1.165, 1.54) is 6.42 Å². The van der Waals surface area contributed by atoms with Crippen molar-refractivity contribution in [1.29, 1.82) is 0 Å². The highest BCUT2D eigenvalue weighted by molar-refractivity contribution is 7.43. The van der Waals surface area contributed by atoms with Gasteiger partial charge in [-0.3, -0.25) is 0 Å². The third-order valence-corrected chi connectivity index (χ3v) is 3.11. The van der Waals surface area contributed by atoms with Crippen LogP contribution in [0.5, 0.6) is 0 Å². The molecule has 0 aliphatic rings. The maximum Gasteiger partial charge on any atom is 0.368 e. The molecule has 0 amide bonds. The van der Waals surface area contributed by atoms with E-state index in [1.54, 1.807) is 0 Å². The van der Waals surface area contributed by atoms with Crippen LogP contribution in [0, 0.1) is 0 Å². The van der Waals surface area contributed by atoms with Gasteiger partial charge in [0, 0.05) is 6.61 Å². The second kappa shape index (κ2) is 19.2. The zero-order valence-electron chi connectivity index (χ0n) is 10.5. The van der Waals surface area contributed by atoms with Crippen LogP contribution in [0.4, 0.5) is 0 Å². The Morgan fingerprint density at radius 2 is 1.47 bits per heavy atom. The second-order valence-corrected chi connectivity index (χ2v) is 5.14. The van der Waals surface area contributed by atoms with Crippen molar-refractivity contribution in [2.75, 3.05) is 13.2 Å². The van der Waals surface area contributed by atoms with Crippen LogP contribution in [0.1, 0.15) is 52.4 Å². The van der Waals surface area contributed by atoms with Crippen LogP contribution in [0.3, 0.4) is 0 Å². The van der Waals surface area contributed by atoms with Crippen LogP contribution in [0.2, 0.25) is 0 Å². The number of halogens is 2. The largest absolute Gasteiger partial charge is 0.396 e. The van der Waals surface area contributed by atoms with E-state index in [0.29, 0.717) is 13.2 Å². The molecule has 0 aromatic rings. The van der Waals surface area contributed by atoms with E-state index >= 15 is 0 Å². The Balaban J connectivity index is 0. The SMILES string of the molecule is CCCCCO.CCCCCOP(OCl)OCl. The summed E-state index contributed by atoms with van der Waals surface area (Å²) in [7, 11) is -1.54. The highest BCUT2D eigenvalue weighted by atomic mass is 35.5. The number of hydrogen-bond donors (Lipinski definition) is 1. The van der Waals surface area contributed by atoms with Crippen LogP contribution in [-0.4, -0.2) is 18.3 Å². The van der Waals surface area contributed by atoms with Gasteiger partial charge in [0.05, 0.1) is 30.3 Å². The summed E-state index contributed by atoms with van der Waals surface area (Å²) in [5, 5.41) is 8.20. The lowest BCUT2D eigenvalue weighted by Crippen LogP contribution is -1.89. The van der Waals surface area contributed by atoms with Crippen LogP contribution in [0.25, 0.3) is 0 Å². The van der Waals surface area contributed by atoms with Crippen molar-refractivity contribution in [3.05, 3.63) is 0 Å². The average molecular weight is 309 g/mol. The summed E-state index contributed by atoms with van der Waals surface area (Å²) in [6.07, 6.45) is 6.56. The predicted octanol–water partition coefficient (Wildman–Crippen LogP) is 4.93. The van der Waals surface area contributed by atoms with E-state index in [9.17, 15) is 0 Å². The Kier molecular flexibility index (Phi) is 22.8. The van der Waals surface area contributed by atoms with Gasteiger partial charge < -0.3 is 9.63 Å². The van der Waals surface area contributed by atoms with Gasteiger partial charge in [0.1, 0.15) is 0 Å². The van der Waals surface area contributed by atoms with Gasteiger partial charge in [0.2, 0.25) is 0 Å². The van der Waals surface area contributed by atoms with Gasteiger partial charge in [0.25, 0.3) is 0 Å². The molecule has 1 N–H and O–H groups in total. The molecule has 0 fully saturated rings. The summed E-state index contributed by atoms with van der Waals surface area (Å²) in [4.78, 5) is 0. The van der Waals surface area contributed by atoms with Crippen molar-refractivity contribution in [3.8, 4) is 0 Å². The first-order valence-electron chi connectivity index (χ1n) is 5.88. The Labute approximate surface area is 116 Å². The molecular formula is C10H23Cl2O4P. The van der Waals surface area contributed by atoms with Crippen LogP contribution in [-0.2, 0) is 12.7 Å². The Hall–Kier alpha value is 0.850. The maximum absolute atomic E-state index is 8.20. The zero-order chi connectivity index (χ0) is 13.4. The summed E-state index contributed by atoms with van der Waals surface area (Å²) in [6, 6.07) is 0. The molecular weight excluding hydrogens is 286 g/mol. The average Bonchev–Trinajstić information content (AvgIpc) is 2.37. The van der Waals surface area contributed by atoms with Gasteiger partial charge in [-0.05, 0) is 12.8 Å². The van der Waals surface area contributed by atoms with Crippen LogP contribution in [0.15, 0.2) is 0 Å². The van der Waals surface area contributed by atoms with Gasteiger partial charge in [-0.1, -0.05) is 39.5 Å². The van der Waals surface area contributed by atoms with Gasteiger partial charge in [0.15, 0.2) is 0 Å². The fraction of sp³-hybridized carbons (Fsp3) is 1.00. The third kappa shape index (κ3) is 19.4. The third-order valence-electron chi connectivity index (χ3n) is 1.82. The van der Waals surface area contributed by atoms with Crippen molar-refractivity contribution < 1.29 is 17.8 Å². The highest BCUT2D eigenvalue weighted by Gasteiger charge is 2.09. The molecule has 0 atom stereocenters. The normalized spacial score (nSPS) is 10.2. The molecule has 0 radical (unpaired) electrons. The molecule has 0 unspecified atom stereocenters. The minimum atomic E-state index is -1.54. The minimum absolute atomic E-state index is 0.355. The van der Waals surface area contributed by atoms with E-state index in [1.807, 2.05) is 0 Å². The molecule has 0 aromatic heterocycles. The first-order chi connectivity index (χ1) is 8.26. The van der Waals surface area contributed by atoms with Crippen LogP contribution >= 0.6 is 32.3 Å². The molecule has 0 bridgehead atoms. The first kappa shape index (κ1) is 20.2. The summed E-state index contributed by atoms with van der Waals surface area (Å²) in [5.41, 5.74) is 0. The molecule has 0 rings (SSSR count). The monoisotopic (exact) mass is 308 g/mol. The summed E-state index contributed by atoms with van der Waals surface area (Å²) in [6.45, 7) is 5.15. The molecule has 0 saturated carbocycles. The Bertz CT molecular complexity index is 125. The summed E-state index contributed by atoms with van der Waals surface area (Å²) < 4.78 is 13.5. The zero-order valence-corrected chi connectivity index (χ0v) is 12.9. The Morgan fingerprint density at radius 3 is 1.82 bits per heavy atom. The number of hydrogen-bond acceptors (Lipinski definition) is 4. The van der Waals surface area contributed by atoms with Crippen molar-refractivity contribution in [2.45, 2.75) is 52.4 Å². The highest BCUT2D eigenvalue weighted by Crippen LogP contribution is 2.42. The number of aliphatic hydroxyl groups is 1. The Morgan fingerprint density at radius 1 is 0.941 bits per heavy atom. The van der Waals surface area contributed by atoms with Gasteiger partial charge in [-0.25, -0.2) is 0 Å². The fourth-order valence-electron chi connectivity index (χ4n) is 0.903. The maximum atomic E-state index is 8.20. The molecule has 4 nitrogen and oxygen atoms in total. The topological polar surface area (TPSA) is 47.9 Å². The summed E-state index contributed by atoms with van der Waals surface area (Å²) >= 11 is 9.95. The lowest BCUT2D eigenvalue weighted by molar-refractivity contribution is 0.269. The van der Waals surface area contributed by atoms with Gasteiger partial charge in [-0.2, -0.15) is 8.15 Å². The molecule has 0 saturated heterocycles. The van der Waals surface area contributed by atoms with Crippen molar-refractivity contribution >= 4 is 32.3 Å². The quantitative estimate of drug-likeness (QED) is 0.459. The van der Waals surface area contributed by atoms with E-state index in [0.717, 1.165) is 32.1 Å². The molecule has 0 heterocycles. The fourth-order valence-corrected chi connectivity index (χ4v) is 1.78. The molecule has 0 aliphatic heterocycles. The number of aliphatic hydroxyl groups excluding tert-OH is 1. The van der Waals surface area contributed by atoms with E-state index in [2.05, 4.69) is 22.0 Å². The first-order valence-corrected chi connectivity index (χ1v) is 7.59. The molecule has 17 heavy (non-hydrogen) atoms. The summed E-state index contributed by atoms with van der Waals surface area (Å²) in [5.74, 6) is 0.